The van der Waals surface area contributed by atoms with Crippen molar-refractivity contribution in [2.24, 2.45) is 7.05 Å². The number of aliphatic carboxylic acids is 1. The maximum Gasteiger partial charge on any atom is 0.326 e. The Morgan fingerprint density at radius 1 is 1.23 bits per heavy atom. The van der Waals surface area contributed by atoms with Crippen molar-refractivity contribution < 1.29 is 14.7 Å². The van der Waals surface area contributed by atoms with Gasteiger partial charge in [0.05, 0.1) is 17.0 Å². The molecule has 0 bridgehead atoms. The number of aryl methyl sites for hydroxylation is 3. The average Bonchev–Trinajstić information content (AvgIpc) is 2.87. The van der Waals surface area contributed by atoms with E-state index in [2.05, 4.69) is 20.4 Å². The van der Waals surface area contributed by atoms with Crippen molar-refractivity contribution in [3.05, 3.63) is 53.1 Å². The summed E-state index contributed by atoms with van der Waals surface area (Å²) in [5, 5.41) is 17.1. The fourth-order valence-electron chi connectivity index (χ4n) is 2.85. The van der Waals surface area contributed by atoms with Crippen molar-refractivity contribution >= 4 is 22.9 Å². The Labute approximate surface area is 149 Å². The Balaban J connectivity index is 1.88. The van der Waals surface area contributed by atoms with E-state index in [-0.39, 0.29) is 6.42 Å². The first kappa shape index (κ1) is 17.5. The highest BCUT2D eigenvalue weighted by Crippen LogP contribution is 2.19. The van der Waals surface area contributed by atoms with E-state index in [1.165, 1.54) is 0 Å². The van der Waals surface area contributed by atoms with Crippen molar-refractivity contribution in [1.29, 1.82) is 0 Å². The summed E-state index contributed by atoms with van der Waals surface area (Å²) in [6.07, 6.45) is 3.34. The summed E-state index contributed by atoms with van der Waals surface area (Å²) < 4.78 is 1.66. The van der Waals surface area contributed by atoms with Gasteiger partial charge in [-0.05, 0) is 37.6 Å². The molecule has 0 radical (unpaired) electrons. The first-order valence-corrected chi connectivity index (χ1v) is 8.10. The van der Waals surface area contributed by atoms with Gasteiger partial charge in [0.1, 0.15) is 6.04 Å². The van der Waals surface area contributed by atoms with Gasteiger partial charge in [-0.1, -0.05) is 0 Å². The Morgan fingerprint density at radius 3 is 2.58 bits per heavy atom. The topological polar surface area (TPSA) is 110 Å². The highest BCUT2D eigenvalue weighted by Gasteiger charge is 2.23. The number of fused-ring (bicyclic) bond motifs is 1. The van der Waals surface area contributed by atoms with Gasteiger partial charge in [0.2, 0.25) is 0 Å². The number of nitrogens with zero attached hydrogens (tertiary/aromatic N) is 4. The van der Waals surface area contributed by atoms with Crippen LogP contribution in [-0.4, -0.2) is 42.8 Å². The highest BCUT2D eigenvalue weighted by atomic mass is 16.4. The van der Waals surface area contributed by atoms with E-state index < -0.39 is 17.9 Å². The number of rotatable bonds is 5. The molecule has 0 saturated heterocycles. The Hall–Kier alpha value is -3.29. The van der Waals surface area contributed by atoms with Crippen LogP contribution in [0.5, 0.6) is 0 Å². The van der Waals surface area contributed by atoms with Gasteiger partial charge in [-0.25, -0.2) is 9.78 Å². The van der Waals surface area contributed by atoms with Crippen LogP contribution in [0.25, 0.3) is 11.0 Å². The molecule has 3 aromatic rings. The standard InChI is InChI=1S/C18H19N5O3/c1-10-14(9-13-11(2)22-23(3)16(13)20-10)17(24)21-15(18(25)26)8-12-4-6-19-7-5-12/h4-7,9,15H,8H2,1-3H3,(H,21,24)(H,25,26). The SMILES string of the molecule is Cc1nc2c(cc1C(=O)NC(Cc1ccncc1)C(=O)O)c(C)nn2C. The molecular formula is C18H19N5O3. The number of carboxylic acids is 1. The number of aromatic nitrogens is 4. The van der Waals surface area contributed by atoms with E-state index >= 15 is 0 Å². The fourth-order valence-corrected chi connectivity index (χ4v) is 2.85. The number of amides is 1. The second-order valence-electron chi connectivity index (χ2n) is 6.13. The summed E-state index contributed by atoms with van der Waals surface area (Å²) in [5.74, 6) is -1.57. The van der Waals surface area contributed by atoms with Crippen molar-refractivity contribution in [2.45, 2.75) is 26.3 Å². The van der Waals surface area contributed by atoms with Crippen molar-refractivity contribution in [1.82, 2.24) is 25.1 Å². The van der Waals surface area contributed by atoms with E-state index in [0.717, 1.165) is 16.6 Å². The third-order valence-electron chi connectivity index (χ3n) is 4.23. The zero-order chi connectivity index (χ0) is 18.8. The van der Waals surface area contributed by atoms with E-state index in [9.17, 15) is 14.7 Å². The maximum absolute atomic E-state index is 12.7. The van der Waals surface area contributed by atoms with Crippen LogP contribution in [0.15, 0.2) is 30.6 Å². The normalized spacial score (nSPS) is 12.1. The summed E-state index contributed by atoms with van der Waals surface area (Å²) in [5.41, 5.74) is 3.08. The zero-order valence-electron chi connectivity index (χ0n) is 14.7. The lowest BCUT2D eigenvalue weighted by molar-refractivity contribution is -0.139. The molecule has 8 nitrogen and oxygen atoms in total. The molecule has 3 rings (SSSR count). The van der Waals surface area contributed by atoms with Crippen molar-refractivity contribution in [2.75, 3.05) is 0 Å². The molecular weight excluding hydrogens is 334 g/mol. The van der Waals surface area contributed by atoms with Gasteiger partial charge < -0.3 is 10.4 Å². The van der Waals surface area contributed by atoms with E-state index in [1.54, 1.807) is 49.2 Å². The number of carbonyl (C=O) groups is 2. The minimum absolute atomic E-state index is 0.171. The molecule has 0 aliphatic heterocycles. The van der Waals surface area contributed by atoms with Gasteiger partial charge in [-0.2, -0.15) is 5.10 Å². The second-order valence-corrected chi connectivity index (χ2v) is 6.13. The minimum Gasteiger partial charge on any atom is -0.480 e. The molecule has 1 amide bonds. The van der Waals surface area contributed by atoms with Crippen LogP contribution in [0.2, 0.25) is 0 Å². The summed E-state index contributed by atoms with van der Waals surface area (Å²) in [6.45, 7) is 3.56. The summed E-state index contributed by atoms with van der Waals surface area (Å²) in [4.78, 5) is 32.6. The summed E-state index contributed by atoms with van der Waals surface area (Å²) >= 11 is 0. The van der Waals surface area contributed by atoms with Crippen LogP contribution < -0.4 is 5.32 Å². The Kier molecular flexibility index (Phi) is 4.66. The molecule has 3 heterocycles. The Bertz CT molecular complexity index is 981. The highest BCUT2D eigenvalue weighted by molar-refractivity contribution is 6.00. The monoisotopic (exact) mass is 353 g/mol. The molecule has 0 aromatic carbocycles. The van der Waals surface area contributed by atoms with Crippen LogP contribution in [0, 0.1) is 13.8 Å². The minimum atomic E-state index is -1.10. The number of pyridine rings is 2. The number of hydrogen-bond donors (Lipinski definition) is 2. The number of hydrogen-bond acceptors (Lipinski definition) is 5. The van der Waals surface area contributed by atoms with Crippen LogP contribution in [-0.2, 0) is 18.3 Å². The molecule has 0 aliphatic rings. The average molecular weight is 353 g/mol. The van der Waals surface area contributed by atoms with Crippen LogP contribution >= 0.6 is 0 Å². The lowest BCUT2D eigenvalue weighted by atomic mass is 10.1. The maximum atomic E-state index is 12.7. The molecule has 0 saturated carbocycles. The summed E-state index contributed by atoms with van der Waals surface area (Å²) in [7, 11) is 1.79. The lowest BCUT2D eigenvalue weighted by Gasteiger charge is -2.15. The van der Waals surface area contributed by atoms with Gasteiger partial charge in [-0.3, -0.25) is 14.5 Å². The van der Waals surface area contributed by atoms with E-state index in [4.69, 9.17) is 0 Å². The van der Waals surface area contributed by atoms with Gasteiger partial charge >= 0.3 is 5.97 Å². The van der Waals surface area contributed by atoms with Gasteiger partial charge in [-0.15, -0.1) is 0 Å². The molecule has 3 aromatic heterocycles. The van der Waals surface area contributed by atoms with Gasteiger partial charge in [0.15, 0.2) is 5.65 Å². The summed E-state index contributed by atoms with van der Waals surface area (Å²) in [6, 6.07) is 4.11. The molecule has 0 aliphatic carbocycles. The molecule has 1 atom stereocenters. The van der Waals surface area contributed by atoms with Crippen LogP contribution in [0.4, 0.5) is 0 Å². The van der Waals surface area contributed by atoms with Crippen molar-refractivity contribution in [3.8, 4) is 0 Å². The third-order valence-corrected chi connectivity index (χ3v) is 4.23. The molecule has 2 N–H and O–H groups in total. The first-order chi connectivity index (χ1) is 12.4. The van der Waals surface area contributed by atoms with Gasteiger partial charge in [0, 0.05) is 31.2 Å². The van der Waals surface area contributed by atoms with E-state index in [0.29, 0.717) is 16.9 Å². The molecule has 1 unspecified atom stereocenters. The lowest BCUT2D eigenvalue weighted by Crippen LogP contribution is -2.42. The van der Waals surface area contributed by atoms with Crippen LogP contribution in [0.1, 0.15) is 27.3 Å². The quantitative estimate of drug-likeness (QED) is 0.717. The number of carboxylic acid groups (broad SMARTS) is 1. The molecule has 26 heavy (non-hydrogen) atoms. The van der Waals surface area contributed by atoms with E-state index in [1.807, 2.05) is 6.92 Å². The van der Waals surface area contributed by atoms with Gasteiger partial charge in [0.25, 0.3) is 5.91 Å². The largest absolute Gasteiger partial charge is 0.480 e. The number of nitrogens with one attached hydrogen (secondary N) is 1. The third kappa shape index (κ3) is 3.39. The first-order valence-electron chi connectivity index (χ1n) is 8.10. The Morgan fingerprint density at radius 2 is 1.92 bits per heavy atom. The second kappa shape index (κ2) is 6.91. The molecule has 8 heteroatoms. The predicted molar refractivity (Wildman–Crippen MR) is 94.8 cm³/mol. The number of carbonyl (C=O) groups excluding carboxylic acids is 1. The molecule has 0 spiro atoms. The molecule has 0 fully saturated rings. The van der Waals surface area contributed by atoms with Crippen LogP contribution in [0.3, 0.4) is 0 Å². The van der Waals surface area contributed by atoms with Crippen molar-refractivity contribution in [3.63, 3.8) is 0 Å². The molecule has 134 valence electrons. The zero-order valence-corrected chi connectivity index (χ0v) is 14.7. The predicted octanol–water partition coefficient (Wildman–Crippen LogP) is 1.41. The smallest absolute Gasteiger partial charge is 0.326 e. The fraction of sp³-hybridized carbons (Fsp3) is 0.278.